The van der Waals surface area contributed by atoms with Crippen LogP contribution in [0.25, 0.3) is 6.08 Å². The quantitative estimate of drug-likeness (QED) is 0.265. The van der Waals surface area contributed by atoms with Crippen LogP contribution in [0.15, 0.2) is 42.1 Å². The molecule has 0 aromatic heterocycles. The first-order valence-electron chi connectivity index (χ1n) is 9.28. The molecular formula is C22H27N3O5. The predicted molar refractivity (Wildman–Crippen MR) is 114 cm³/mol. The maximum absolute atomic E-state index is 12.8. The van der Waals surface area contributed by atoms with Gasteiger partial charge in [0.2, 0.25) is 5.75 Å². The van der Waals surface area contributed by atoms with Crippen LogP contribution >= 0.6 is 0 Å². The number of ether oxygens (including phenoxy) is 3. The molecule has 0 atom stereocenters. The van der Waals surface area contributed by atoms with Gasteiger partial charge in [0.05, 0.1) is 21.3 Å². The summed E-state index contributed by atoms with van der Waals surface area (Å²) in [6.07, 6.45) is 1.54. The zero-order chi connectivity index (χ0) is 22.3. The van der Waals surface area contributed by atoms with Crippen molar-refractivity contribution in [3.63, 3.8) is 0 Å². The van der Waals surface area contributed by atoms with Gasteiger partial charge >= 0.3 is 0 Å². The number of amides is 2. The van der Waals surface area contributed by atoms with E-state index in [1.54, 1.807) is 6.08 Å². The van der Waals surface area contributed by atoms with Crippen LogP contribution in [0.1, 0.15) is 41.3 Å². The van der Waals surface area contributed by atoms with Crippen molar-refractivity contribution in [1.29, 1.82) is 0 Å². The molecule has 2 aromatic rings. The Morgan fingerprint density at radius 3 is 1.97 bits per heavy atom. The second kappa shape index (κ2) is 10.3. The van der Waals surface area contributed by atoms with Crippen LogP contribution < -0.4 is 30.8 Å². The fourth-order valence-electron chi connectivity index (χ4n) is 2.79. The molecule has 0 bridgehead atoms. The van der Waals surface area contributed by atoms with Crippen molar-refractivity contribution in [3.05, 3.63) is 58.8 Å². The van der Waals surface area contributed by atoms with Crippen LogP contribution in [0.2, 0.25) is 0 Å². The van der Waals surface area contributed by atoms with Gasteiger partial charge in [0.25, 0.3) is 11.8 Å². The number of hydrazine groups is 1. The van der Waals surface area contributed by atoms with Gasteiger partial charge in [-0.3, -0.25) is 15.0 Å². The summed E-state index contributed by atoms with van der Waals surface area (Å²) in [5.74, 6) is 5.49. The lowest BCUT2D eigenvalue weighted by atomic mass is 10.0. The number of hydrogen-bond acceptors (Lipinski definition) is 6. The highest BCUT2D eigenvalue weighted by atomic mass is 16.5. The van der Waals surface area contributed by atoms with Crippen molar-refractivity contribution < 1.29 is 23.8 Å². The van der Waals surface area contributed by atoms with E-state index in [0.717, 1.165) is 5.56 Å². The molecule has 2 rings (SSSR count). The molecule has 4 N–H and O–H groups in total. The number of nitrogens with one attached hydrogen (secondary N) is 2. The zero-order valence-corrected chi connectivity index (χ0v) is 17.7. The number of benzene rings is 2. The fraction of sp³-hybridized carbons (Fsp3) is 0.273. The molecule has 2 amide bonds. The van der Waals surface area contributed by atoms with Crippen LogP contribution in [0.4, 0.5) is 0 Å². The summed E-state index contributed by atoms with van der Waals surface area (Å²) >= 11 is 0. The first kappa shape index (κ1) is 22.8. The number of carbonyl (C=O) groups is 2. The molecule has 0 saturated carbocycles. The van der Waals surface area contributed by atoms with E-state index < -0.39 is 11.8 Å². The summed E-state index contributed by atoms with van der Waals surface area (Å²) in [5, 5.41) is 2.59. The van der Waals surface area contributed by atoms with Gasteiger partial charge in [0.1, 0.15) is 5.70 Å². The van der Waals surface area contributed by atoms with E-state index >= 15 is 0 Å². The zero-order valence-electron chi connectivity index (χ0n) is 17.7. The Hall–Kier alpha value is -3.52. The average molecular weight is 413 g/mol. The van der Waals surface area contributed by atoms with E-state index in [4.69, 9.17) is 20.1 Å². The van der Waals surface area contributed by atoms with Gasteiger partial charge in [-0.1, -0.05) is 38.1 Å². The Morgan fingerprint density at radius 2 is 1.53 bits per heavy atom. The molecule has 30 heavy (non-hydrogen) atoms. The van der Waals surface area contributed by atoms with Gasteiger partial charge < -0.3 is 19.5 Å². The molecule has 0 radical (unpaired) electrons. The molecule has 0 aliphatic carbocycles. The first-order chi connectivity index (χ1) is 14.3. The minimum atomic E-state index is -0.635. The lowest BCUT2D eigenvalue weighted by Crippen LogP contribution is -2.38. The predicted octanol–water partition coefficient (Wildman–Crippen LogP) is 2.60. The molecule has 0 heterocycles. The van der Waals surface area contributed by atoms with E-state index in [0.29, 0.717) is 23.2 Å². The van der Waals surface area contributed by atoms with E-state index in [2.05, 4.69) is 19.2 Å². The Morgan fingerprint density at radius 1 is 0.967 bits per heavy atom. The molecule has 8 nitrogen and oxygen atoms in total. The summed E-state index contributed by atoms with van der Waals surface area (Å²) < 4.78 is 15.8. The number of methoxy groups -OCH3 is 3. The second-order valence-electron chi connectivity index (χ2n) is 6.72. The number of hydrogen-bond donors (Lipinski definition) is 3. The smallest absolute Gasteiger partial charge is 0.281 e. The largest absolute Gasteiger partial charge is 0.493 e. The molecule has 0 fully saturated rings. The van der Waals surface area contributed by atoms with Gasteiger partial charge in [-0.25, -0.2) is 5.84 Å². The highest BCUT2D eigenvalue weighted by Crippen LogP contribution is 2.38. The van der Waals surface area contributed by atoms with Gasteiger partial charge in [-0.15, -0.1) is 0 Å². The Labute approximate surface area is 176 Å². The lowest BCUT2D eigenvalue weighted by Gasteiger charge is -2.14. The maximum atomic E-state index is 12.8. The molecule has 0 aliphatic rings. The molecule has 0 saturated heterocycles. The Kier molecular flexibility index (Phi) is 7.83. The highest BCUT2D eigenvalue weighted by Gasteiger charge is 2.19. The second-order valence-corrected chi connectivity index (χ2v) is 6.72. The molecule has 160 valence electrons. The first-order valence-corrected chi connectivity index (χ1v) is 9.28. The normalized spacial score (nSPS) is 11.1. The van der Waals surface area contributed by atoms with E-state index in [-0.39, 0.29) is 11.3 Å². The summed E-state index contributed by atoms with van der Waals surface area (Å²) in [6, 6.07) is 10.7. The number of nitrogens with two attached hydrogens (primary N) is 1. The van der Waals surface area contributed by atoms with Crippen LogP contribution in [0.3, 0.4) is 0 Å². The lowest BCUT2D eigenvalue weighted by molar-refractivity contribution is -0.117. The van der Waals surface area contributed by atoms with E-state index in [1.165, 1.54) is 39.0 Å². The summed E-state index contributed by atoms with van der Waals surface area (Å²) in [6.45, 7) is 4.19. The van der Waals surface area contributed by atoms with Crippen LogP contribution in [0.5, 0.6) is 17.2 Å². The molecular weight excluding hydrogens is 386 g/mol. The highest BCUT2D eigenvalue weighted by molar-refractivity contribution is 6.05. The maximum Gasteiger partial charge on any atom is 0.281 e. The Balaban J connectivity index is 2.37. The minimum Gasteiger partial charge on any atom is -0.493 e. The average Bonchev–Trinajstić information content (AvgIpc) is 2.77. The van der Waals surface area contributed by atoms with Crippen molar-refractivity contribution in [2.45, 2.75) is 19.8 Å². The molecule has 2 aromatic carbocycles. The van der Waals surface area contributed by atoms with Crippen molar-refractivity contribution >= 4 is 17.9 Å². The fourth-order valence-corrected chi connectivity index (χ4v) is 2.79. The van der Waals surface area contributed by atoms with Gasteiger partial charge in [-0.05, 0) is 35.3 Å². The topological polar surface area (TPSA) is 112 Å². The standard InChI is InChI=1S/C22H27N3O5/c1-13(2)15-8-6-14(7-9-15)10-17(22(27)25-23)24-21(26)16-11-18(28-3)20(30-5)19(12-16)29-4/h6-13H,23H2,1-5H3,(H,24,26)(H,25,27)/b17-10+. The minimum absolute atomic E-state index is 0.00597. The summed E-state index contributed by atoms with van der Waals surface area (Å²) in [4.78, 5) is 25.0. The van der Waals surface area contributed by atoms with Crippen molar-refractivity contribution in [2.75, 3.05) is 21.3 Å². The van der Waals surface area contributed by atoms with Crippen LogP contribution in [-0.4, -0.2) is 33.1 Å². The summed E-state index contributed by atoms with van der Waals surface area (Å²) in [5.41, 5.74) is 4.16. The Bertz CT molecular complexity index is 911. The van der Waals surface area contributed by atoms with Gasteiger partial charge in [0.15, 0.2) is 11.5 Å². The van der Waals surface area contributed by atoms with Gasteiger partial charge in [0, 0.05) is 5.56 Å². The van der Waals surface area contributed by atoms with Crippen LogP contribution in [0, 0.1) is 0 Å². The molecule has 0 aliphatic heterocycles. The van der Waals surface area contributed by atoms with Gasteiger partial charge in [-0.2, -0.15) is 0 Å². The SMILES string of the molecule is COc1cc(C(=O)N/C(=C/c2ccc(C(C)C)cc2)C(=O)NN)cc(OC)c1OC. The third-order valence-electron chi connectivity index (χ3n) is 4.46. The third kappa shape index (κ3) is 5.30. The third-order valence-corrected chi connectivity index (χ3v) is 4.46. The van der Waals surface area contributed by atoms with Crippen molar-refractivity contribution in [1.82, 2.24) is 10.7 Å². The number of carbonyl (C=O) groups excluding carboxylic acids is 2. The molecule has 8 heteroatoms. The van der Waals surface area contributed by atoms with E-state index in [9.17, 15) is 9.59 Å². The van der Waals surface area contributed by atoms with Crippen molar-refractivity contribution in [2.24, 2.45) is 5.84 Å². The van der Waals surface area contributed by atoms with Crippen LogP contribution in [-0.2, 0) is 4.79 Å². The molecule has 0 spiro atoms. The van der Waals surface area contributed by atoms with E-state index in [1.807, 2.05) is 29.7 Å². The summed E-state index contributed by atoms with van der Waals surface area (Å²) in [7, 11) is 4.37. The monoisotopic (exact) mass is 413 g/mol. The molecule has 0 unspecified atom stereocenters. The van der Waals surface area contributed by atoms with Crippen molar-refractivity contribution in [3.8, 4) is 17.2 Å². The number of rotatable bonds is 8.